The summed E-state index contributed by atoms with van der Waals surface area (Å²) in [5.74, 6) is 1.57. The lowest BCUT2D eigenvalue weighted by Crippen LogP contribution is -2.16. The first-order chi connectivity index (χ1) is 29.2. The van der Waals surface area contributed by atoms with Crippen molar-refractivity contribution in [2.24, 2.45) is 0 Å². The van der Waals surface area contributed by atoms with E-state index >= 15 is 0 Å². The van der Waals surface area contributed by atoms with Gasteiger partial charge < -0.3 is 23.7 Å². The van der Waals surface area contributed by atoms with Crippen LogP contribution in [0.4, 0.5) is 0 Å². The van der Waals surface area contributed by atoms with Gasteiger partial charge in [0.2, 0.25) is 5.75 Å². The molecule has 0 amide bonds. The Hall–Kier alpha value is -5.66. The Morgan fingerprint density at radius 3 is 1.65 bits per heavy atom. The number of hydrogen-bond acceptors (Lipinski definition) is 6. The standard InChI is InChI=1S/C51H45Cl3O6/c1-34-14-10-18-38(30-34)44(24-12-28-56-46-22-8-6-20-42(46)53)58-48-32-37-26-27-40(52)33-41(37)49(60-51(55)36-16-4-3-5-17-36)50(48)59-45(39-19-11-15-35(2)31-39)25-13-29-57-47-23-9-7-21-43(47)54/h3-11,14-23,26-27,30-33,44-45H,12-13,24-25,28-29H2,1-2H3. The minimum Gasteiger partial charge on any atom is -0.492 e. The van der Waals surface area contributed by atoms with Crippen LogP contribution in [0.25, 0.3) is 10.8 Å². The van der Waals surface area contributed by atoms with Gasteiger partial charge in [-0.25, -0.2) is 4.79 Å². The second-order valence-corrected chi connectivity index (χ2v) is 15.8. The topological polar surface area (TPSA) is 63.2 Å². The van der Waals surface area contributed by atoms with E-state index in [2.05, 4.69) is 31.2 Å². The fraction of sp³-hybridized carbons (Fsp3) is 0.196. The first-order valence-electron chi connectivity index (χ1n) is 20.0. The highest BCUT2D eigenvalue weighted by Gasteiger charge is 2.28. The monoisotopic (exact) mass is 858 g/mol. The summed E-state index contributed by atoms with van der Waals surface area (Å²) in [6.45, 7) is 4.91. The Labute approximate surface area is 366 Å². The molecule has 7 rings (SSSR count). The summed E-state index contributed by atoms with van der Waals surface area (Å²) < 4.78 is 32.9. The number of ether oxygens (including phenoxy) is 5. The van der Waals surface area contributed by atoms with Crippen LogP contribution in [-0.4, -0.2) is 19.2 Å². The number of hydrogen-bond donors (Lipinski definition) is 0. The van der Waals surface area contributed by atoms with E-state index in [1.54, 1.807) is 42.5 Å². The lowest BCUT2D eigenvalue weighted by molar-refractivity contribution is 0.0720. The highest BCUT2D eigenvalue weighted by Crippen LogP contribution is 2.49. The quantitative estimate of drug-likeness (QED) is 0.0487. The summed E-state index contributed by atoms with van der Waals surface area (Å²) in [5.41, 5.74) is 4.47. The van der Waals surface area contributed by atoms with E-state index in [4.69, 9.17) is 58.5 Å². The molecule has 0 aliphatic heterocycles. The van der Waals surface area contributed by atoms with Crippen molar-refractivity contribution >= 4 is 51.5 Å². The smallest absolute Gasteiger partial charge is 0.343 e. The number of rotatable bonds is 18. The first-order valence-corrected chi connectivity index (χ1v) is 21.1. The Balaban J connectivity index is 1.30. The summed E-state index contributed by atoms with van der Waals surface area (Å²) in [4.78, 5) is 14.0. The zero-order chi connectivity index (χ0) is 41.8. The Morgan fingerprint density at radius 2 is 1.08 bits per heavy atom. The summed E-state index contributed by atoms with van der Waals surface area (Å²) in [6, 6.07) is 47.5. The second kappa shape index (κ2) is 20.5. The number of carbonyl (C=O) groups is 1. The lowest BCUT2D eigenvalue weighted by Gasteiger charge is -2.27. The minimum atomic E-state index is -0.550. The van der Waals surface area contributed by atoms with Gasteiger partial charge in [-0.2, -0.15) is 0 Å². The third kappa shape index (κ3) is 11.1. The number of halogens is 3. The third-order valence-electron chi connectivity index (χ3n) is 9.95. The fourth-order valence-electron chi connectivity index (χ4n) is 6.97. The summed E-state index contributed by atoms with van der Waals surface area (Å²) in [5, 5.41) is 2.92. The number of para-hydroxylation sites is 2. The molecule has 306 valence electrons. The highest BCUT2D eigenvalue weighted by molar-refractivity contribution is 6.32. The SMILES string of the molecule is Cc1cccc(C(CCCOc2ccccc2Cl)Oc2cc3ccc(Cl)cc3c(OC(=O)c3ccccc3)c2OC(CCCOc2ccccc2Cl)c2cccc(C)c2)c1. The maximum atomic E-state index is 14.0. The molecule has 9 heteroatoms. The van der Waals surface area contributed by atoms with E-state index in [1.807, 2.05) is 91.9 Å². The van der Waals surface area contributed by atoms with E-state index in [0.717, 1.165) is 27.6 Å². The van der Waals surface area contributed by atoms with Gasteiger partial charge >= 0.3 is 5.97 Å². The van der Waals surface area contributed by atoms with Crippen LogP contribution >= 0.6 is 34.8 Å². The Kier molecular flexibility index (Phi) is 14.5. The van der Waals surface area contributed by atoms with E-state index in [9.17, 15) is 4.79 Å². The van der Waals surface area contributed by atoms with E-state index < -0.39 is 18.2 Å². The van der Waals surface area contributed by atoms with Crippen molar-refractivity contribution < 1.29 is 28.5 Å². The van der Waals surface area contributed by atoms with Gasteiger partial charge in [0, 0.05) is 10.4 Å². The van der Waals surface area contributed by atoms with Gasteiger partial charge in [-0.1, -0.05) is 143 Å². The molecule has 6 nitrogen and oxygen atoms in total. The zero-order valence-electron chi connectivity index (χ0n) is 33.4. The number of carbonyl (C=O) groups excluding carboxylic acids is 1. The predicted octanol–water partition coefficient (Wildman–Crippen LogP) is 14.6. The highest BCUT2D eigenvalue weighted by atomic mass is 35.5. The molecule has 0 N–H and O–H groups in total. The van der Waals surface area contributed by atoms with Gasteiger partial charge in [-0.05, 0) is 111 Å². The van der Waals surface area contributed by atoms with Crippen molar-refractivity contribution in [1.82, 2.24) is 0 Å². The molecule has 0 aliphatic carbocycles. The molecule has 2 atom stereocenters. The summed E-state index contributed by atoms with van der Waals surface area (Å²) in [7, 11) is 0. The molecule has 0 saturated heterocycles. The molecule has 7 aromatic rings. The van der Waals surface area contributed by atoms with Crippen LogP contribution in [0.3, 0.4) is 0 Å². The van der Waals surface area contributed by atoms with Gasteiger partial charge in [-0.15, -0.1) is 0 Å². The van der Waals surface area contributed by atoms with E-state index in [-0.39, 0.29) is 11.5 Å². The third-order valence-corrected chi connectivity index (χ3v) is 10.8. The van der Waals surface area contributed by atoms with Gasteiger partial charge in [0.1, 0.15) is 23.7 Å². The molecular weight excluding hydrogens is 815 g/mol. The largest absolute Gasteiger partial charge is 0.492 e. The first kappa shape index (κ1) is 42.5. The lowest BCUT2D eigenvalue weighted by atomic mass is 10.0. The number of fused-ring (bicyclic) bond motifs is 1. The maximum absolute atomic E-state index is 14.0. The number of esters is 1. The molecule has 0 saturated carbocycles. The van der Waals surface area contributed by atoms with Crippen molar-refractivity contribution in [3.05, 3.63) is 195 Å². The fourth-order valence-corrected chi connectivity index (χ4v) is 7.52. The van der Waals surface area contributed by atoms with Crippen LogP contribution in [0.2, 0.25) is 15.1 Å². The van der Waals surface area contributed by atoms with Crippen LogP contribution < -0.4 is 23.7 Å². The average Bonchev–Trinajstić information content (AvgIpc) is 3.25. The molecule has 0 aromatic heterocycles. The molecule has 0 spiro atoms. The molecule has 0 aliphatic rings. The van der Waals surface area contributed by atoms with Crippen LogP contribution in [0.5, 0.6) is 28.7 Å². The van der Waals surface area contributed by atoms with Crippen LogP contribution in [-0.2, 0) is 0 Å². The normalized spacial score (nSPS) is 12.1. The molecule has 0 bridgehead atoms. The van der Waals surface area contributed by atoms with E-state index in [1.165, 1.54) is 0 Å². The number of benzene rings is 7. The molecule has 0 fully saturated rings. The zero-order valence-corrected chi connectivity index (χ0v) is 35.7. The molecule has 0 radical (unpaired) electrons. The molecule has 60 heavy (non-hydrogen) atoms. The molecule has 0 heterocycles. The predicted molar refractivity (Wildman–Crippen MR) is 242 cm³/mol. The second-order valence-electron chi connectivity index (χ2n) is 14.5. The molecular formula is C51H45Cl3O6. The van der Waals surface area contributed by atoms with Gasteiger partial charge in [-0.3, -0.25) is 0 Å². The average molecular weight is 860 g/mol. The summed E-state index contributed by atoms with van der Waals surface area (Å²) in [6.07, 6.45) is 1.46. The maximum Gasteiger partial charge on any atom is 0.343 e. The van der Waals surface area contributed by atoms with Crippen molar-refractivity contribution in [3.8, 4) is 28.7 Å². The van der Waals surface area contributed by atoms with Crippen molar-refractivity contribution in [2.45, 2.75) is 51.7 Å². The number of aryl methyl sites for hydroxylation is 2. The minimum absolute atomic E-state index is 0.203. The van der Waals surface area contributed by atoms with Crippen LogP contribution in [0.15, 0.2) is 152 Å². The van der Waals surface area contributed by atoms with Crippen molar-refractivity contribution in [2.75, 3.05) is 13.2 Å². The van der Waals surface area contributed by atoms with Crippen molar-refractivity contribution in [3.63, 3.8) is 0 Å². The Bertz CT molecular complexity index is 2540. The summed E-state index contributed by atoms with van der Waals surface area (Å²) >= 11 is 19.5. The Morgan fingerprint density at radius 1 is 0.533 bits per heavy atom. The molecule has 2 unspecified atom stereocenters. The molecule has 7 aromatic carbocycles. The van der Waals surface area contributed by atoms with Gasteiger partial charge in [0.15, 0.2) is 11.5 Å². The van der Waals surface area contributed by atoms with Crippen LogP contribution in [0.1, 0.15) is 70.5 Å². The van der Waals surface area contributed by atoms with Crippen LogP contribution in [0, 0.1) is 13.8 Å². The van der Waals surface area contributed by atoms with Gasteiger partial charge in [0.05, 0.1) is 28.8 Å². The van der Waals surface area contributed by atoms with Crippen molar-refractivity contribution in [1.29, 1.82) is 0 Å². The van der Waals surface area contributed by atoms with Gasteiger partial charge in [0.25, 0.3) is 0 Å². The van der Waals surface area contributed by atoms with E-state index in [0.29, 0.717) is 82.2 Å².